The minimum Gasteiger partial charge on any atom is -0.469 e. The van der Waals surface area contributed by atoms with Gasteiger partial charge in [0.25, 0.3) is 5.91 Å². The maximum Gasteiger partial charge on any atom is 0.257 e. The molecule has 0 saturated carbocycles. The Labute approximate surface area is 115 Å². The van der Waals surface area contributed by atoms with Crippen LogP contribution in [0.2, 0.25) is 0 Å². The van der Waals surface area contributed by atoms with Gasteiger partial charge in [-0.15, -0.1) is 0 Å². The average molecular weight is 264 g/mol. The Morgan fingerprint density at radius 1 is 1.58 bits per heavy atom. The average Bonchev–Trinajstić information content (AvgIpc) is 3.05. The van der Waals surface area contributed by atoms with Crippen LogP contribution in [0.4, 0.5) is 0 Å². The highest BCUT2D eigenvalue weighted by Crippen LogP contribution is 2.17. The maximum absolute atomic E-state index is 12.7. The van der Waals surface area contributed by atoms with Gasteiger partial charge in [0.05, 0.1) is 11.8 Å². The van der Waals surface area contributed by atoms with Crippen molar-refractivity contribution < 1.29 is 9.21 Å². The van der Waals surface area contributed by atoms with Crippen LogP contribution in [0, 0.1) is 0 Å². The van der Waals surface area contributed by atoms with Crippen LogP contribution < -0.4 is 5.32 Å². The Hall–Kier alpha value is -1.29. The van der Waals surface area contributed by atoms with E-state index in [1.54, 1.807) is 12.3 Å². The van der Waals surface area contributed by atoms with Crippen molar-refractivity contribution in [1.82, 2.24) is 10.2 Å². The number of nitrogens with one attached hydrogen (secondary N) is 1. The molecule has 0 aliphatic carbocycles. The monoisotopic (exact) mass is 264 g/mol. The quantitative estimate of drug-likeness (QED) is 0.888. The lowest BCUT2D eigenvalue weighted by Crippen LogP contribution is -2.44. The molecule has 1 aromatic heterocycles. The Morgan fingerprint density at radius 3 is 2.95 bits per heavy atom. The van der Waals surface area contributed by atoms with Gasteiger partial charge in [0.2, 0.25) is 0 Å². The molecule has 19 heavy (non-hydrogen) atoms. The summed E-state index contributed by atoms with van der Waals surface area (Å²) in [6.45, 7) is 7.99. The highest BCUT2D eigenvalue weighted by Gasteiger charge is 2.26. The van der Waals surface area contributed by atoms with E-state index in [2.05, 4.69) is 19.2 Å². The molecule has 1 N–H and O–H groups in total. The Kier molecular flexibility index (Phi) is 4.64. The van der Waals surface area contributed by atoms with Crippen molar-refractivity contribution in [1.29, 1.82) is 0 Å². The molecule has 0 spiro atoms. The Balaban J connectivity index is 2.11. The summed E-state index contributed by atoms with van der Waals surface area (Å²) in [6, 6.07) is 2.43. The van der Waals surface area contributed by atoms with Crippen molar-refractivity contribution in [2.45, 2.75) is 52.1 Å². The molecule has 106 valence electrons. The van der Waals surface area contributed by atoms with Crippen molar-refractivity contribution in [3.8, 4) is 0 Å². The van der Waals surface area contributed by atoms with Gasteiger partial charge in [-0.1, -0.05) is 6.92 Å². The van der Waals surface area contributed by atoms with E-state index in [0.29, 0.717) is 11.6 Å². The fourth-order valence-electron chi connectivity index (χ4n) is 2.64. The summed E-state index contributed by atoms with van der Waals surface area (Å²) in [6.07, 6.45) is 4.72. The minimum atomic E-state index is 0.0919. The van der Waals surface area contributed by atoms with E-state index in [-0.39, 0.29) is 11.9 Å². The lowest BCUT2D eigenvalue weighted by atomic mass is 10.1. The maximum atomic E-state index is 12.7. The van der Waals surface area contributed by atoms with Crippen LogP contribution in [-0.2, 0) is 6.42 Å². The van der Waals surface area contributed by atoms with Gasteiger partial charge in [-0.25, -0.2) is 0 Å². The Morgan fingerprint density at radius 2 is 2.37 bits per heavy atom. The highest BCUT2D eigenvalue weighted by molar-refractivity contribution is 5.95. The smallest absolute Gasteiger partial charge is 0.257 e. The lowest BCUT2D eigenvalue weighted by Gasteiger charge is -2.29. The zero-order valence-corrected chi connectivity index (χ0v) is 12.1. The molecule has 1 aliphatic rings. The van der Waals surface area contributed by atoms with Crippen LogP contribution >= 0.6 is 0 Å². The fraction of sp³-hybridized carbons (Fsp3) is 0.667. The Bertz CT molecular complexity index is 420. The minimum absolute atomic E-state index is 0.0919. The largest absolute Gasteiger partial charge is 0.469 e. The van der Waals surface area contributed by atoms with Gasteiger partial charge < -0.3 is 14.6 Å². The number of hydrogen-bond acceptors (Lipinski definition) is 3. The van der Waals surface area contributed by atoms with Crippen molar-refractivity contribution in [3.05, 3.63) is 23.7 Å². The standard InChI is InChI=1S/C15H24N2O2/c1-4-14-13(7-9-19-14)15(18)17(11(2)3)10-12-6-5-8-16-12/h7,9,11-12,16H,4-6,8,10H2,1-3H3. The molecule has 4 nitrogen and oxygen atoms in total. The summed E-state index contributed by atoms with van der Waals surface area (Å²) in [5.41, 5.74) is 0.717. The molecule has 1 amide bonds. The highest BCUT2D eigenvalue weighted by atomic mass is 16.3. The van der Waals surface area contributed by atoms with Gasteiger partial charge in [0.15, 0.2) is 0 Å². The molecule has 0 bridgehead atoms. The normalized spacial score (nSPS) is 19.1. The molecule has 2 heterocycles. The van der Waals surface area contributed by atoms with Crippen LogP contribution in [0.25, 0.3) is 0 Å². The number of hydrogen-bond donors (Lipinski definition) is 1. The zero-order valence-electron chi connectivity index (χ0n) is 12.1. The first-order chi connectivity index (χ1) is 9.13. The molecule has 2 rings (SSSR count). The second kappa shape index (κ2) is 6.24. The summed E-state index contributed by atoms with van der Waals surface area (Å²) >= 11 is 0. The van der Waals surface area contributed by atoms with Crippen molar-refractivity contribution in [2.75, 3.05) is 13.1 Å². The predicted molar refractivity (Wildman–Crippen MR) is 75.3 cm³/mol. The van der Waals surface area contributed by atoms with E-state index in [0.717, 1.165) is 31.7 Å². The van der Waals surface area contributed by atoms with E-state index < -0.39 is 0 Å². The summed E-state index contributed by atoms with van der Waals surface area (Å²) in [7, 11) is 0. The van der Waals surface area contributed by atoms with Crippen molar-refractivity contribution >= 4 is 5.91 Å². The number of nitrogens with zero attached hydrogens (tertiary/aromatic N) is 1. The van der Waals surface area contributed by atoms with E-state index in [1.165, 1.54) is 6.42 Å². The zero-order chi connectivity index (χ0) is 13.8. The molecule has 4 heteroatoms. The number of carbonyl (C=O) groups is 1. The first-order valence-electron chi connectivity index (χ1n) is 7.24. The second-order valence-electron chi connectivity index (χ2n) is 5.46. The number of aryl methyl sites for hydroxylation is 1. The molecule has 1 unspecified atom stereocenters. The summed E-state index contributed by atoms with van der Waals surface area (Å²) in [5, 5.41) is 3.45. The first kappa shape index (κ1) is 14.1. The SMILES string of the molecule is CCc1occc1C(=O)N(CC1CCCN1)C(C)C. The van der Waals surface area contributed by atoms with Crippen molar-refractivity contribution in [2.24, 2.45) is 0 Å². The van der Waals surface area contributed by atoms with Gasteiger partial charge in [0, 0.05) is 25.0 Å². The summed E-state index contributed by atoms with van der Waals surface area (Å²) < 4.78 is 5.37. The molecular formula is C15H24N2O2. The van der Waals surface area contributed by atoms with E-state index in [9.17, 15) is 4.79 Å². The van der Waals surface area contributed by atoms with Crippen LogP contribution in [-0.4, -0.2) is 36.0 Å². The van der Waals surface area contributed by atoms with E-state index in [4.69, 9.17) is 4.42 Å². The third-order valence-electron chi connectivity index (χ3n) is 3.76. The molecule has 1 aromatic rings. The first-order valence-corrected chi connectivity index (χ1v) is 7.24. The molecule has 1 atom stereocenters. The van der Waals surface area contributed by atoms with Crippen LogP contribution in [0.5, 0.6) is 0 Å². The van der Waals surface area contributed by atoms with Crippen LogP contribution in [0.1, 0.15) is 49.7 Å². The van der Waals surface area contributed by atoms with Crippen LogP contribution in [0.3, 0.4) is 0 Å². The summed E-state index contributed by atoms with van der Waals surface area (Å²) in [5.74, 6) is 0.879. The topological polar surface area (TPSA) is 45.5 Å². The second-order valence-corrected chi connectivity index (χ2v) is 5.46. The number of carbonyl (C=O) groups excluding carboxylic acids is 1. The third-order valence-corrected chi connectivity index (χ3v) is 3.76. The summed E-state index contributed by atoms with van der Waals surface area (Å²) in [4.78, 5) is 14.6. The van der Waals surface area contributed by atoms with Gasteiger partial charge >= 0.3 is 0 Å². The fourth-order valence-corrected chi connectivity index (χ4v) is 2.64. The van der Waals surface area contributed by atoms with E-state index in [1.807, 2.05) is 11.8 Å². The molecule has 1 aliphatic heterocycles. The van der Waals surface area contributed by atoms with Crippen LogP contribution in [0.15, 0.2) is 16.7 Å². The van der Waals surface area contributed by atoms with Crippen molar-refractivity contribution in [3.63, 3.8) is 0 Å². The number of rotatable bonds is 5. The third kappa shape index (κ3) is 3.18. The lowest BCUT2D eigenvalue weighted by molar-refractivity contribution is 0.0687. The number of amides is 1. The van der Waals surface area contributed by atoms with Gasteiger partial charge in [-0.3, -0.25) is 4.79 Å². The molecular weight excluding hydrogens is 240 g/mol. The molecule has 0 aromatic carbocycles. The van der Waals surface area contributed by atoms with Gasteiger partial charge in [0.1, 0.15) is 5.76 Å². The molecule has 1 fully saturated rings. The van der Waals surface area contributed by atoms with E-state index >= 15 is 0 Å². The predicted octanol–water partition coefficient (Wildman–Crippen LogP) is 2.44. The van der Waals surface area contributed by atoms with Gasteiger partial charge in [-0.05, 0) is 39.3 Å². The molecule has 0 radical (unpaired) electrons. The van der Waals surface area contributed by atoms with Gasteiger partial charge in [-0.2, -0.15) is 0 Å². The molecule has 1 saturated heterocycles. The number of furan rings is 1.